The zero-order valence-corrected chi connectivity index (χ0v) is 16.6. The van der Waals surface area contributed by atoms with Crippen LogP contribution in [0.5, 0.6) is 0 Å². The maximum absolute atomic E-state index is 12.9. The summed E-state index contributed by atoms with van der Waals surface area (Å²) in [6.07, 6.45) is -3.54. The van der Waals surface area contributed by atoms with E-state index in [2.05, 4.69) is 5.32 Å². The molecule has 1 N–H and O–H groups in total. The molecule has 0 radical (unpaired) electrons. The quantitative estimate of drug-likeness (QED) is 0.725. The van der Waals surface area contributed by atoms with Crippen LogP contribution in [-0.4, -0.2) is 26.6 Å². The Hall–Kier alpha value is -2.26. The number of carbonyl (C=O) groups is 1. The third-order valence-electron chi connectivity index (χ3n) is 3.85. The number of rotatable bonds is 6. The molecule has 2 aromatic rings. The van der Waals surface area contributed by atoms with Gasteiger partial charge in [-0.3, -0.25) is 9.10 Å². The Morgan fingerprint density at radius 3 is 2.36 bits per heavy atom. The third kappa shape index (κ3) is 5.39. The summed E-state index contributed by atoms with van der Waals surface area (Å²) in [6.45, 7) is 1.60. The summed E-state index contributed by atoms with van der Waals surface area (Å²) < 4.78 is 64.2. The number of nitrogens with one attached hydrogen (secondary N) is 1. The van der Waals surface area contributed by atoms with Gasteiger partial charge < -0.3 is 5.32 Å². The highest BCUT2D eigenvalue weighted by atomic mass is 35.5. The van der Waals surface area contributed by atoms with Crippen molar-refractivity contribution in [2.24, 2.45) is 0 Å². The fraction of sp³-hybridized carbons (Fsp3) is 0.278. The predicted octanol–water partition coefficient (Wildman–Crippen LogP) is 4.54. The zero-order valence-electron chi connectivity index (χ0n) is 15.0. The molecule has 0 aliphatic heterocycles. The molecule has 2 rings (SSSR count). The summed E-state index contributed by atoms with van der Waals surface area (Å²) in [4.78, 5) is 12.7. The van der Waals surface area contributed by atoms with E-state index < -0.39 is 33.7 Å². The molecule has 0 aliphatic rings. The lowest BCUT2D eigenvalue weighted by atomic mass is 10.1. The van der Waals surface area contributed by atoms with Crippen molar-refractivity contribution < 1.29 is 26.4 Å². The van der Waals surface area contributed by atoms with E-state index in [1.807, 2.05) is 0 Å². The van der Waals surface area contributed by atoms with Crippen molar-refractivity contribution in [2.75, 3.05) is 15.9 Å². The molecule has 152 valence electrons. The molecule has 0 bridgehead atoms. The normalized spacial score (nSPS) is 13.1. The van der Waals surface area contributed by atoms with Crippen molar-refractivity contribution >= 4 is 38.9 Å². The standard InChI is InChI=1S/C18H18ClF3N2O3S/c1-3-16(24(28(2,26)27)15-9-5-7-13(19)11-15)17(25)23-14-8-4-6-12(10-14)18(20,21)22/h4-11,16H,3H2,1-2H3,(H,23,25)/t16-/m0/s1. The molecule has 0 saturated carbocycles. The Bertz CT molecular complexity index is 965. The average Bonchev–Trinajstić information content (AvgIpc) is 2.57. The molecule has 10 heteroatoms. The Morgan fingerprint density at radius 2 is 1.82 bits per heavy atom. The average molecular weight is 435 g/mol. The van der Waals surface area contributed by atoms with Crippen LogP contribution in [0.2, 0.25) is 5.02 Å². The largest absolute Gasteiger partial charge is 0.416 e. The van der Waals surface area contributed by atoms with Crippen LogP contribution >= 0.6 is 11.6 Å². The van der Waals surface area contributed by atoms with Gasteiger partial charge in [-0.1, -0.05) is 30.7 Å². The Labute approximate surface area is 166 Å². The van der Waals surface area contributed by atoms with Gasteiger partial charge in [0, 0.05) is 10.7 Å². The summed E-state index contributed by atoms with van der Waals surface area (Å²) in [5.41, 5.74) is -0.827. The van der Waals surface area contributed by atoms with Gasteiger partial charge in [-0.05, 0) is 42.8 Å². The van der Waals surface area contributed by atoms with Gasteiger partial charge in [0.05, 0.1) is 17.5 Å². The smallest absolute Gasteiger partial charge is 0.324 e. The van der Waals surface area contributed by atoms with Gasteiger partial charge >= 0.3 is 6.18 Å². The van der Waals surface area contributed by atoms with Gasteiger partial charge in [0.1, 0.15) is 6.04 Å². The molecule has 28 heavy (non-hydrogen) atoms. The number of carbonyl (C=O) groups excluding carboxylic acids is 1. The Balaban J connectivity index is 2.37. The monoisotopic (exact) mass is 434 g/mol. The second-order valence-corrected chi connectivity index (χ2v) is 8.33. The number of nitrogens with zero attached hydrogens (tertiary/aromatic N) is 1. The van der Waals surface area contributed by atoms with Gasteiger partial charge in [0.25, 0.3) is 0 Å². The molecule has 0 saturated heterocycles. The van der Waals surface area contributed by atoms with Gasteiger partial charge in [-0.25, -0.2) is 8.42 Å². The zero-order chi connectivity index (χ0) is 21.1. The second-order valence-electron chi connectivity index (χ2n) is 6.03. The molecule has 0 unspecified atom stereocenters. The maximum atomic E-state index is 12.9. The molecule has 5 nitrogen and oxygen atoms in total. The number of halogens is 4. The lowest BCUT2D eigenvalue weighted by molar-refractivity contribution is -0.137. The number of hydrogen-bond acceptors (Lipinski definition) is 3. The highest BCUT2D eigenvalue weighted by Gasteiger charge is 2.33. The minimum atomic E-state index is -4.57. The minimum absolute atomic E-state index is 0.0854. The van der Waals surface area contributed by atoms with Crippen LogP contribution in [0.4, 0.5) is 24.5 Å². The van der Waals surface area contributed by atoms with Crippen molar-refractivity contribution in [1.82, 2.24) is 0 Å². The predicted molar refractivity (Wildman–Crippen MR) is 103 cm³/mol. The van der Waals surface area contributed by atoms with Crippen LogP contribution in [0, 0.1) is 0 Å². The van der Waals surface area contributed by atoms with Crippen molar-refractivity contribution in [1.29, 1.82) is 0 Å². The first-order valence-electron chi connectivity index (χ1n) is 8.16. The summed E-state index contributed by atoms with van der Waals surface area (Å²) in [6, 6.07) is 8.90. The molecule has 0 aliphatic carbocycles. The van der Waals surface area contributed by atoms with Gasteiger partial charge in [-0.2, -0.15) is 13.2 Å². The number of anilines is 2. The molecule has 0 aromatic heterocycles. The second kappa shape index (κ2) is 8.40. The highest BCUT2D eigenvalue weighted by Crippen LogP contribution is 2.31. The van der Waals surface area contributed by atoms with Gasteiger partial charge in [0.15, 0.2) is 0 Å². The highest BCUT2D eigenvalue weighted by molar-refractivity contribution is 7.92. The minimum Gasteiger partial charge on any atom is -0.324 e. The SMILES string of the molecule is CC[C@@H](C(=O)Nc1cccc(C(F)(F)F)c1)N(c1cccc(Cl)c1)S(C)(=O)=O. The van der Waals surface area contributed by atoms with E-state index in [1.165, 1.54) is 24.3 Å². The van der Waals surface area contributed by atoms with Crippen molar-refractivity contribution in [3.8, 4) is 0 Å². The van der Waals surface area contributed by atoms with Gasteiger partial charge in [-0.15, -0.1) is 0 Å². The first-order chi connectivity index (χ1) is 12.9. The van der Waals surface area contributed by atoms with E-state index >= 15 is 0 Å². The molecular weight excluding hydrogens is 417 g/mol. The van der Waals surface area contributed by atoms with Crippen LogP contribution in [0.15, 0.2) is 48.5 Å². The van der Waals surface area contributed by atoms with E-state index in [9.17, 15) is 26.4 Å². The molecule has 0 fully saturated rings. The van der Waals surface area contributed by atoms with Crippen molar-refractivity contribution in [2.45, 2.75) is 25.6 Å². The fourth-order valence-electron chi connectivity index (χ4n) is 2.67. The van der Waals surface area contributed by atoms with E-state index in [1.54, 1.807) is 13.0 Å². The van der Waals surface area contributed by atoms with Crippen LogP contribution in [0.1, 0.15) is 18.9 Å². The van der Waals surface area contributed by atoms with Crippen molar-refractivity contribution in [3.63, 3.8) is 0 Å². The molecule has 2 aromatic carbocycles. The van der Waals surface area contributed by atoms with E-state index in [4.69, 9.17) is 11.6 Å². The third-order valence-corrected chi connectivity index (χ3v) is 5.26. The fourth-order valence-corrected chi connectivity index (χ4v) is 4.06. The number of alkyl halides is 3. The molecule has 0 heterocycles. The van der Waals surface area contributed by atoms with E-state index in [0.29, 0.717) is 0 Å². The lowest BCUT2D eigenvalue weighted by Gasteiger charge is -2.30. The molecule has 1 atom stereocenters. The molecule has 0 spiro atoms. The molecular formula is C18H18ClF3N2O3S. The van der Waals surface area contributed by atoms with Crippen molar-refractivity contribution in [3.05, 3.63) is 59.1 Å². The summed E-state index contributed by atoms with van der Waals surface area (Å²) in [5, 5.41) is 2.64. The van der Waals surface area contributed by atoms with E-state index in [-0.39, 0.29) is 22.8 Å². The number of hydrogen-bond donors (Lipinski definition) is 1. The number of sulfonamides is 1. The molecule has 1 amide bonds. The first-order valence-corrected chi connectivity index (χ1v) is 10.4. The van der Waals surface area contributed by atoms with Crippen LogP contribution in [0.3, 0.4) is 0 Å². The van der Waals surface area contributed by atoms with Crippen LogP contribution in [0.25, 0.3) is 0 Å². The van der Waals surface area contributed by atoms with Crippen LogP contribution < -0.4 is 9.62 Å². The van der Waals surface area contributed by atoms with E-state index in [0.717, 1.165) is 28.8 Å². The van der Waals surface area contributed by atoms with Gasteiger partial charge in [0.2, 0.25) is 15.9 Å². The lowest BCUT2D eigenvalue weighted by Crippen LogP contribution is -2.47. The first kappa shape index (κ1) is 22.0. The summed E-state index contributed by atoms with van der Waals surface area (Å²) >= 11 is 5.93. The maximum Gasteiger partial charge on any atom is 0.416 e. The summed E-state index contributed by atoms with van der Waals surface area (Å²) in [7, 11) is -3.88. The summed E-state index contributed by atoms with van der Waals surface area (Å²) in [5.74, 6) is -0.757. The number of benzene rings is 2. The Morgan fingerprint density at radius 1 is 1.18 bits per heavy atom. The Kier molecular flexibility index (Phi) is 6.61. The topological polar surface area (TPSA) is 66.5 Å². The van der Waals surface area contributed by atoms with Crippen LogP contribution in [-0.2, 0) is 21.0 Å². The number of amides is 1.